The van der Waals surface area contributed by atoms with Crippen LogP contribution in [-0.4, -0.2) is 42.1 Å². The Bertz CT molecular complexity index is 306. The summed E-state index contributed by atoms with van der Waals surface area (Å²) in [6, 6.07) is 0. The normalized spacial score (nSPS) is 39.1. The molecule has 17 heavy (non-hydrogen) atoms. The van der Waals surface area contributed by atoms with E-state index in [9.17, 15) is 4.79 Å². The van der Waals surface area contributed by atoms with E-state index in [1.165, 1.54) is 6.92 Å². The van der Waals surface area contributed by atoms with Crippen molar-refractivity contribution in [1.82, 2.24) is 0 Å². The average Bonchev–Trinajstić information content (AvgIpc) is 2.62. The van der Waals surface area contributed by atoms with Crippen LogP contribution in [0.15, 0.2) is 0 Å². The van der Waals surface area contributed by atoms with Gasteiger partial charge in [0.05, 0.1) is 0 Å². The summed E-state index contributed by atoms with van der Waals surface area (Å²) < 4.78 is 22.3. The first kappa shape index (κ1) is 13.1. The Hall–Kier alpha value is -0.300. The molecule has 0 unspecified atom stereocenters. The first-order valence-electron chi connectivity index (χ1n) is 5.72. The lowest BCUT2D eigenvalue weighted by molar-refractivity contribution is -0.218. The van der Waals surface area contributed by atoms with Crippen LogP contribution in [0.1, 0.15) is 27.2 Å². The van der Waals surface area contributed by atoms with E-state index in [1.54, 1.807) is 0 Å². The third kappa shape index (κ3) is 2.76. The van der Waals surface area contributed by atoms with Crippen LogP contribution in [0.25, 0.3) is 0 Å². The molecule has 0 aromatic rings. The number of hydrogen-bond acceptors (Lipinski definition) is 6. The van der Waals surface area contributed by atoms with Gasteiger partial charge in [-0.1, -0.05) is 0 Å². The van der Waals surface area contributed by atoms with Crippen LogP contribution < -0.4 is 0 Å². The molecular weight excluding hydrogens is 244 g/mol. The second-order valence-electron chi connectivity index (χ2n) is 4.73. The maximum absolute atomic E-state index is 11.1. The Morgan fingerprint density at radius 2 is 2.12 bits per heavy atom. The van der Waals surface area contributed by atoms with E-state index in [0.717, 1.165) is 0 Å². The number of rotatable bonds is 3. The van der Waals surface area contributed by atoms with E-state index in [2.05, 4.69) is 12.6 Å². The molecule has 0 bridgehead atoms. The molecule has 0 saturated carbocycles. The molecule has 0 aliphatic carbocycles. The van der Waals surface area contributed by atoms with Crippen molar-refractivity contribution >= 4 is 18.6 Å². The van der Waals surface area contributed by atoms with Gasteiger partial charge in [-0.25, -0.2) is 0 Å². The minimum atomic E-state index is -0.695. The third-order valence-corrected chi connectivity index (χ3v) is 3.06. The topological polar surface area (TPSA) is 54.0 Å². The van der Waals surface area contributed by atoms with Crippen LogP contribution in [0, 0.1) is 0 Å². The maximum Gasteiger partial charge on any atom is 0.303 e. The molecule has 2 heterocycles. The van der Waals surface area contributed by atoms with Crippen molar-refractivity contribution in [2.75, 3.05) is 5.75 Å². The number of hydrogen-bond donors (Lipinski definition) is 1. The average molecular weight is 262 g/mol. The third-order valence-electron chi connectivity index (χ3n) is 2.80. The van der Waals surface area contributed by atoms with E-state index in [1.807, 2.05) is 13.8 Å². The SMILES string of the molecule is CC(=O)O[C@H]1[C@H]2OC(C)(C)O[C@H]2O[C@@H]1CCS. The second-order valence-corrected chi connectivity index (χ2v) is 5.18. The molecule has 2 aliphatic heterocycles. The maximum atomic E-state index is 11.1. The fraction of sp³-hybridized carbons (Fsp3) is 0.909. The zero-order valence-electron chi connectivity index (χ0n) is 10.2. The Morgan fingerprint density at radius 3 is 2.71 bits per heavy atom. The quantitative estimate of drug-likeness (QED) is 0.610. The number of fused-ring (bicyclic) bond motifs is 1. The van der Waals surface area contributed by atoms with E-state index >= 15 is 0 Å². The summed E-state index contributed by atoms with van der Waals surface area (Å²) in [6.07, 6.45) is -0.728. The molecule has 0 spiro atoms. The molecule has 0 N–H and O–H groups in total. The van der Waals surface area contributed by atoms with Crippen LogP contribution in [0.3, 0.4) is 0 Å². The smallest absolute Gasteiger partial charge is 0.303 e. The van der Waals surface area contributed by atoms with Crippen LogP contribution in [0.4, 0.5) is 0 Å². The molecule has 6 heteroatoms. The Labute approximate surface area is 106 Å². The lowest BCUT2D eigenvalue weighted by Crippen LogP contribution is -2.38. The monoisotopic (exact) mass is 262 g/mol. The Kier molecular flexibility index (Phi) is 3.68. The summed E-state index contributed by atoms with van der Waals surface area (Å²) >= 11 is 4.17. The molecule has 2 saturated heterocycles. The number of thiol groups is 1. The van der Waals surface area contributed by atoms with Crippen molar-refractivity contribution in [3.05, 3.63) is 0 Å². The second kappa shape index (κ2) is 4.76. The molecule has 0 radical (unpaired) electrons. The van der Waals surface area contributed by atoms with Gasteiger partial charge in [-0.2, -0.15) is 12.6 Å². The van der Waals surface area contributed by atoms with E-state index in [-0.39, 0.29) is 18.2 Å². The predicted octanol–water partition coefficient (Wildman–Crippen LogP) is 1.11. The molecule has 0 aromatic heterocycles. The molecule has 4 atom stereocenters. The van der Waals surface area contributed by atoms with Gasteiger partial charge < -0.3 is 18.9 Å². The van der Waals surface area contributed by atoms with Crippen molar-refractivity contribution in [2.24, 2.45) is 0 Å². The first-order valence-corrected chi connectivity index (χ1v) is 6.35. The van der Waals surface area contributed by atoms with Gasteiger partial charge >= 0.3 is 5.97 Å². The van der Waals surface area contributed by atoms with E-state index in [0.29, 0.717) is 12.2 Å². The number of esters is 1. The first-order chi connectivity index (χ1) is 7.93. The molecule has 2 aliphatic rings. The minimum absolute atomic E-state index is 0.206. The van der Waals surface area contributed by atoms with Gasteiger partial charge in [0.25, 0.3) is 0 Å². The van der Waals surface area contributed by atoms with Crippen molar-refractivity contribution in [3.8, 4) is 0 Å². The molecule has 0 aromatic carbocycles. The summed E-state index contributed by atoms with van der Waals surface area (Å²) in [5.74, 6) is -0.373. The highest BCUT2D eigenvalue weighted by Gasteiger charge is 2.55. The molecular formula is C11H18O5S. The highest BCUT2D eigenvalue weighted by molar-refractivity contribution is 7.80. The van der Waals surface area contributed by atoms with Crippen molar-refractivity contribution in [1.29, 1.82) is 0 Å². The Morgan fingerprint density at radius 1 is 1.41 bits per heavy atom. The van der Waals surface area contributed by atoms with Crippen molar-refractivity contribution < 1.29 is 23.7 Å². The van der Waals surface area contributed by atoms with Crippen LogP contribution in [0.5, 0.6) is 0 Å². The van der Waals surface area contributed by atoms with Crippen molar-refractivity contribution in [2.45, 2.75) is 57.6 Å². The summed E-state index contributed by atoms with van der Waals surface area (Å²) in [6.45, 7) is 5.01. The molecule has 98 valence electrons. The number of ether oxygens (including phenoxy) is 4. The summed E-state index contributed by atoms with van der Waals surface area (Å²) in [4.78, 5) is 11.1. The van der Waals surface area contributed by atoms with Gasteiger partial charge in [0.15, 0.2) is 24.3 Å². The van der Waals surface area contributed by atoms with Gasteiger partial charge in [-0.3, -0.25) is 4.79 Å². The largest absolute Gasteiger partial charge is 0.457 e. The van der Waals surface area contributed by atoms with Gasteiger partial charge in [-0.15, -0.1) is 0 Å². The standard InChI is InChI=1S/C11H18O5S/c1-6(12)13-8-7(4-5-17)14-10-9(8)15-11(2,3)16-10/h7-10,17H,4-5H2,1-3H3/t7-,8-,9-,10-/m1/s1. The summed E-state index contributed by atoms with van der Waals surface area (Å²) in [7, 11) is 0. The fourth-order valence-corrected chi connectivity index (χ4v) is 2.49. The lowest BCUT2D eigenvalue weighted by Gasteiger charge is -2.25. The number of carbonyl (C=O) groups excluding carboxylic acids is 1. The number of carbonyl (C=O) groups is 1. The molecule has 2 rings (SSSR count). The highest BCUT2D eigenvalue weighted by atomic mass is 32.1. The van der Waals surface area contributed by atoms with Crippen LogP contribution in [-0.2, 0) is 23.7 Å². The van der Waals surface area contributed by atoms with Crippen LogP contribution >= 0.6 is 12.6 Å². The van der Waals surface area contributed by atoms with Crippen molar-refractivity contribution in [3.63, 3.8) is 0 Å². The zero-order chi connectivity index (χ0) is 12.6. The predicted molar refractivity (Wildman–Crippen MR) is 62.7 cm³/mol. The van der Waals surface area contributed by atoms with Gasteiger partial charge in [-0.05, 0) is 26.0 Å². The van der Waals surface area contributed by atoms with Gasteiger partial charge in [0, 0.05) is 6.92 Å². The zero-order valence-corrected chi connectivity index (χ0v) is 11.1. The Balaban J connectivity index is 2.09. The lowest BCUT2D eigenvalue weighted by atomic mass is 10.1. The molecule has 2 fully saturated rings. The fourth-order valence-electron chi connectivity index (χ4n) is 2.24. The molecule has 0 amide bonds. The highest BCUT2D eigenvalue weighted by Crippen LogP contribution is 2.39. The summed E-state index contributed by atoms with van der Waals surface area (Å²) in [5.41, 5.74) is 0. The van der Waals surface area contributed by atoms with Gasteiger partial charge in [0.2, 0.25) is 0 Å². The van der Waals surface area contributed by atoms with E-state index in [4.69, 9.17) is 18.9 Å². The molecule has 5 nitrogen and oxygen atoms in total. The van der Waals surface area contributed by atoms with Crippen LogP contribution in [0.2, 0.25) is 0 Å². The van der Waals surface area contributed by atoms with Gasteiger partial charge in [0.1, 0.15) is 6.10 Å². The minimum Gasteiger partial charge on any atom is -0.457 e. The van der Waals surface area contributed by atoms with E-state index < -0.39 is 18.2 Å². The summed E-state index contributed by atoms with van der Waals surface area (Å²) in [5, 5.41) is 0.